The average Bonchev–Trinajstić information content (AvgIpc) is 2.43. The van der Waals surface area contributed by atoms with Crippen molar-refractivity contribution in [3.05, 3.63) is 70.0 Å². The second-order valence-electron chi connectivity index (χ2n) is 5.48. The maximum Gasteiger partial charge on any atom is 0.126 e. The molecule has 2 heteroatoms. The Labute approximate surface area is 120 Å². The minimum absolute atomic E-state index is 0.143. The van der Waals surface area contributed by atoms with Crippen LogP contribution in [0.4, 0.5) is 4.39 Å². The fraction of sp³-hybridized carbons (Fsp3) is 0.333. The van der Waals surface area contributed by atoms with Crippen LogP contribution in [-0.4, -0.2) is 7.05 Å². The molecule has 0 fully saturated rings. The smallest absolute Gasteiger partial charge is 0.126 e. The highest BCUT2D eigenvalue weighted by Gasteiger charge is 2.13. The highest BCUT2D eigenvalue weighted by Crippen LogP contribution is 2.22. The van der Waals surface area contributed by atoms with Gasteiger partial charge in [0.2, 0.25) is 0 Å². The van der Waals surface area contributed by atoms with Gasteiger partial charge in [-0.1, -0.05) is 35.9 Å². The zero-order chi connectivity index (χ0) is 14.7. The summed E-state index contributed by atoms with van der Waals surface area (Å²) in [6.45, 7) is 6.06. The lowest BCUT2D eigenvalue weighted by atomic mass is 9.94. The molecule has 1 N–H and O–H groups in total. The molecule has 0 aliphatic carbocycles. The Morgan fingerprint density at radius 3 is 2.40 bits per heavy atom. The molecule has 0 saturated heterocycles. The molecule has 0 heterocycles. The number of aryl methyl sites for hydroxylation is 3. The molecule has 1 nitrogen and oxygen atoms in total. The van der Waals surface area contributed by atoms with Crippen molar-refractivity contribution < 1.29 is 4.39 Å². The number of rotatable bonds is 4. The van der Waals surface area contributed by atoms with Crippen LogP contribution in [0.15, 0.2) is 36.4 Å². The summed E-state index contributed by atoms with van der Waals surface area (Å²) in [6, 6.07) is 12.1. The monoisotopic (exact) mass is 271 g/mol. The van der Waals surface area contributed by atoms with Crippen LogP contribution in [0.1, 0.15) is 33.9 Å². The Balaban J connectivity index is 2.28. The lowest BCUT2D eigenvalue weighted by Crippen LogP contribution is -2.19. The fourth-order valence-electron chi connectivity index (χ4n) is 2.51. The van der Waals surface area contributed by atoms with Crippen LogP contribution >= 0.6 is 0 Å². The van der Waals surface area contributed by atoms with Crippen LogP contribution in [0.5, 0.6) is 0 Å². The molecule has 1 atom stereocenters. The quantitative estimate of drug-likeness (QED) is 0.876. The number of hydrogen-bond donors (Lipinski definition) is 1. The zero-order valence-electron chi connectivity index (χ0n) is 12.6. The van der Waals surface area contributed by atoms with Gasteiger partial charge in [0.15, 0.2) is 0 Å². The van der Waals surface area contributed by atoms with Crippen molar-refractivity contribution in [1.82, 2.24) is 5.32 Å². The van der Waals surface area contributed by atoms with Gasteiger partial charge in [0, 0.05) is 6.04 Å². The first-order valence-electron chi connectivity index (χ1n) is 7.00. The summed E-state index contributed by atoms with van der Waals surface area (Å²) < 4.78 is 13.4. The molecule has 0 spiro atoms. The van der Waals surface area contributed by atoms with Crippen LogP contribution in [0, 0.1) is 26.6 Å². The maximum absolute atomic E-state index is 13.4. The Morgan fingerprint density at radius 1 is 1.00 bits per heavy atom. The molecule has 0 bridgehead atoms. The second kappa shape index (κ2) is 6.19. The third-order valence-electron chi connectivity index (χ3n) is 3.86. The summed E-state index contributed by atoms with van der Waals surface area (Å²) in [5.74, 6) is -0.143. The summed E-state index contributed by atoms with van der Waals surface area (Å²) in [5.41, 5.74) is 5.74. The van der Waals surface area contributed by atoms with Gasteiger partial charge < -0.3 is 5.32 Å². The highest BCUT2D eigenvalue weighted by atomic mass is 19.1. The molecule has 0 saturated carbocycles. The Morgan fingerprint density at radius 2 is 1.75 bits per heavy atom. The Bertz CT molecular complexity index is 604. The van der Waals surface area contributed by atoms with Gasteiger partial charge in [-0.2, -0.15) is 0 Å². The van der Waals surface area contributed by atoms with Crippen molar-refractivity contribution in [2.45, 2.75) is 33.2 Å². The minimum Gasteiger partial charge on any atom is -0.313 e. The van der Waals surface area contributed by atoms with Crippen molar-refractivity contribution in [2.24, 2.45) is 0 Å². The molecular weight excluding hydrogens is 249 g/mol. The average molecular weight is 271 g/mol. The lowest BCUT2D eigenvalue weighted by molar-refractivity contribution is 0.581. The van der Waals surface area contributed by atoms with Crippen LogP contribution in [0.25, 0.3) is 0 Å². The van der Waals surface area contributed by atoms with Crippen LogP contribution < -0.4 is 5.32 Å². The third kappa shape index (κ3) is 3.26. The van der Waals surface area contributed by atoms with Gasteiger partial charge in [-0.25, -0.2) is 4.39 Å². The topological polar surface area (TPSA) is 12.0 Å². The van der Waals surface area contributed by atoms with Crippen LogP contribution in [-0.2, 0) is 6.42 Å². The van der Waals surface area contributed by atoms with E-state index in [0.717, 1.165) is 12.0 Å². The van der Waals surface area contributed by atoms with Crippen molar-refractivity contribution in [3.8, 4) is 0 Å². The first-order chi connectivity index (χ1) is 9.51. The van der Waals surface area contributed by atoms with Crippen LogP contribution in [0.2, 0.25) is 0 Å². The maximum atomic E-state index is 13.4. The number of benzene rings is 2. The van der Waals surface area contributed by atoms with E-state index in [9.17, 15) is 4.39 Å². The van der Waals surface area contributed by atoms with Crippen molar-refractivity contribution in [1.29, 1.82) is 0 Å². The molecular formula is C18H22FN. The van der Waals surface area contributed by atoms with Crippen molar-refractivity contribution >= 4 is 0 Å². The number of nitrogens with one attached hydrogen (secondary N) is 1. The van der Waals surface area contributed by atoms with E-state index < -0.39 is 0 Å². The van der Waals surface area contributed by atoms with E-state index >= 15 is 0 Å². The van der Waals surface area contributed by atoms with E-state index in [1.54, 1.807) is 6.07 Å². The predicted molar refractivity (Wildman–Crippen MR) is 82.6 cm³/mol. The van der Waals surface area contributed by atoms with E-state index in [1.165, 1.54) is 16.7 Å². The molecule has 2 aromatic carbocycles. The normalized spacial score (nSPS) is 12.4. The molecule has 106 valence electrons. The Kier molecular flexibility index (Phi) is 4.56. The third-order valence-corrected chi connectivity index (χ3v) is 3.86. The highest BCUT2D eigenvalue weighted by molar-refractivity contribution is 5.34. The van der Waals surface area contributed by atoms with Gasteiger partial charge in [0.25, 0.3) is 0 Å². The van der Waals surface area contributed by atoms with Gasteiger partial charge in [0.1, 0.15) is 5.82 Å². The SMILES string of the molecule is CNC(Cc1cc(C)ccc1C)c1ccc(F)c(C)c1. The number of hydrogen-bond acceptors (Lipinski definition) is 1. The molecule has 0 aliphatic rings. The fourth-order valence-corrected chi connectivity index (χ4v) is 2.51. The van der Waals surface area contributed by atoms with Crippen molar-refractivity contribution in [3.63, 3.8) is 0 Å². The summed E-state index contributed by atoms with van der Waals surface area (Å²) in [4.78, 5) is 0. The summed E-state index contributed by atoms with van der Waals surface area (Å²) in [5, 5.41) is 3.34. The molecule has 1 unspecified atom stereocenters. The summed E-state index contributed by atoms with van der Waals surface area (Å²) >= 11 is 0. The molecule has 2 rings (SSSR count). The lowest BCUT2D eigenvalue weighted by Gasteiger charge is -2.19. The zero-order valence-corrected chi connectivity index (χ0v) is 12.6. The van der Waals surface area contributed by atoms with Gasteiger partial charge in [0.05, 0.1) is 0 Å². The van der Waals surface area contributed by atoms with E-state index in [4.69, 9.17) is 0 Å². The van der Waals surface area contributed by atoms with E-state index in [0.29, 0.717) is 5.56 Å². The van der Waals surface area contributed by atoms with E-state index in [1.807, 2.05) is 26.1 Å². The minimum atomic E-state index is -0.143. The first-order valence-corrected chi connectivity index (χ1v) is 7.00. The van der Waals surface area contributed by atoms with Crippen LogP contribution in [0.3, 0.4) is 0 Å². The predicted octanol–water partition coefficient (Wildman–Crippen LogP) is 4.25. The molecule has 0 amide bonds. The molecule has 0 aromatic heterocycles. The van der Waals surface area contributed by atoms with Gasteiger partial charge in [-0.15, -0.1) is 0 Å². The van der Waals surface area contributed by atoms with E-state index in [2.05, 4.69) is 37.4 Å². The largest absolute Gasteiger partial charge is 0.313 e. The summed E-state index contributed by atoms with van der Waals surface area (Å²) in [7, 11) is 1.95. The van der Waals surface area contributed by atoms with Crippen molar-refractivity contribution in [2.75, 3.05) is 7.05 Å². The second-order valence-corrected chi connectivity index (χ2v) is 5.48. The Hall–Kier alpha value is -1.67. The molecule has 0 radical (unpaired) electrons. The molecule has 2 aromatic rings. The standard InChI is InChI=1S/C18H22FN/c1-12-5-6-13(2)16(9-12)11-18(20-4)15-7-8-17(19)14(3)10-15/h5-10,18,20H,11H2,1-4H3. The van der Waals surface area contributed by atoms with Gasteiger partial charge in [-0.05, 0) is 62.6 Å². The van der Waals surface area contributed by atoms with E-state index in [-0.39, 0.29) is 11.9 Å². The first kappa shape index (κ1) is 14.7. The molecule has 0 aliphatic heterocycles. The number of halogens is 1. The number of likely N-dealkylation sites (N-methyl/N-ethyl adjacent to an activating group) is 1. The summed E-state index contributed by atoms with van der Waals surface area (Å²) in [6.07, 6.45) is 0.912. The molecule has 20 heavy (non-hydrogen) atoms. The van der Waals surface area contributed by atoms with Gasteiger partial charge in [-0.3, -0.25) is 0 Å². The van der Waals surface area contributed by atoms with Gasteiger partial charge >= 0.3 is 0 Å².